The van der Waals surface area contributed by atoms with Gasteiger partial charge in [-0.3, -0.25) is 9.48 Å². The SMILES string of the molecule is Cn1ncc(CNC(=O)c2cccc3c2OCCO3)c1N. The van der Waals surface area contributed by atoms with E-state index in [1.807, 2.05) is 0 Å². The molecule has 0 radical (unpaired) electrons. The summed E-state index contributed by atoms with van der Waals surface area (Å²) in [5.41, 5.74) is 7.07. The highest BCUT2D eigenvalue weighted by molar-refractivity contribution is 5.97. The second-order valence-electron chi connectivity index (χ2n) is 4.69. The van der Waals surface area contributed by atoms with Crippen molar-refractivity contribution >= 4 is 11.7 Å². The van der Waals surface area contributed by atoms with E-state index in [0.29, 0.717) is 42.6 Å². The van der Waals surface area contributed by atoms with E-state index in [1.165, 1.54) is 0 Å². The fourth-order valence-electron chi connectivity index (χ4n) is 2.15. The van der Waals surface area contributed by atoms with Gasteiger partial charge in [0.1, 0.15) is 19.0 Å². The molecule has 0 unspecified atom stereocenters. The van der Waals surface area contributed by atoms with Crippen LogP contribution in [0.1, 0.15) is 15.9 Å². The molecule has 1 aliphatic rings. The van der Waals surface area contributed by atoms with Crippen LogP contribution in [0.15, 0.2) is 24.4 Å². The smallest absolute Gasteiger partial charge is 0.255 e. The molecule has 2 aromatic rings. The Bertz CT molecular complexity index is 681. The number of nitrogens with one attached hydrogen (secondary N) is 1. The van der Waals surface area contributed by atoms with Crippen molar-refractivity contribution in [2.75, 3.05) is 18.9 Å². The van der Waals surface area contributed by atoms with Crippen molar-refractivity contribution in [2.45, 2.75) is 6.54 Å². The summed E-state index contributed by atoms with van der Waals surface area (Å²) in [4.78, 5) is 12.3. The lowest BCUT2D eigenvalue weighted by Gasteiger charge is -2.20. The highest BCUT2D eigenvalue weighted by Crippen LogP contribution is 2.33. The van der Waals surface area contributed by atoms with E-state index in [2.05, 4.69) is 10.4 Å². The molecule has 0 fully saturated rings. The summed E-state index contributed by atoms with van der Waals surface area (Å²) < 4.78 is 12.5. The second-order valence-corrected chi connectivity index (χ2v) is 4.69. The normalized spacial score (nSPS) is 13.0. The summed E-state index contributed by atoms with van der Waals surface area (Å²) in [6, 6.07) is 5.25. The molecular formula is C14H16N4O3. The van der Waals surface area contributed by atoms with E-state index in [1.54, 1.807) is 36.1 Å². The first-order chi connectivity index (χ1) is 10.2. The zero-order chi connectivity index (χ0) is 14.8. The summed E-state index contributed by atoms with van der Waals surface area (Å²) in [7, 11) is 1.75. The molecule has 1 aliphatic heterocycles. The minimum absolute atomic E-state index is 0.236. The van der Waals surface area contributed by atoms with Gasteiger partial charge in [-0.25, -0.2) is 0 Å². The van der Waals surface area contributed by atoms with Crippen LogP contribution >= 0.6 is 0 Å². The Labute approximate surface area is 121 Å². The molecule has 110 valence electrons. The Balaban J connectivity index is 1.75. The summed E-state index contributed by atoms with van der Waals surface area (Å²) in [6.45, 7) is 1.24. The van der Waals surface area contributed by atoms with Crippen LogP contribution in [-0.2, 0) is 13.6 Å². The van der Waals surface area contributed by atoms with Crippen LogP contribution in [-0.4, -0.2) is 28.9 Å². The van der Waals surface area contributed by atoms with Gasteiger partial charge >= 0.3 is 0 Å². The number of carbonyl (C=O) groups is 1. The van der Waals surface area contributed by atoms with Gasteiger partial charge in [-0.1, -0.05) is 6.07 Å². The quantitative estimate of drug-likeness (QED) is 0.867. The van der Waals surface area contributed by atoms with Gasteiger partial charge < -0.3 is 20.5 Å². The number of ether oxygens (including phenoxy) is 2. The minimum Gasteiger partial charge on any atom is -0.486 e. The number of fused-ring (bicyclic) bond motifs is 1. The maximum absolute atomic E-state index is 12.3. The number of nitrogen functional groups attached to an aromatic ring is 1. The maximum Gasteiger partial charge on any atom is 0.255 e. The molecule has 7 nitrogen and oxygen atoms in total. The lowest BCUT2D eigenvalue weighted by Crippen LogP contribution is -2.25. The van der Waals surface area contributed by atoms with E-state index in [4.69, 9.17) is 15.2 Å². The number of hydrogen-bond acceptors (Lipinski definition) is 5. The number of nitrogens with zero attached hydrogens (tertiary/aromatic N) is 2. The zero-order valence-electron chi connectivity index (χ0n) is 11.6. The molecule has 0 saturated carbocycles. The summed E-state index contributed by atoms with van der Waals surface area (Å²) >= 11 is 0. The monoisotopic (exact) mass is 288 g/mol. The fourth-order valence-corrected chi connectivity index (χ4v) is 2.15. The Morgan fingerprint density at radius 3 is 3.00 bits per heavy atom. The molecule has 0 bridgehead atoms. The van der Waals surface area contributed by atoms with E-state index >= 15 is 0 Å². The first kappa shape index (κ1) is 13.3. The van der Waals surface area contributed by atoms with Gasteiger partial charge in [0.05, 0.1) is 11.8 Å². The predicted molar refractivity (Wildman–Crippen MR) is 76.2 cm³/mol. The molecule has 2 heterocycles. The standard InChI is InChI=1S/C14H16N4O3/c1-18-13(15)9(8-17-18)7-16-14(19)10-3-2-4-11-12(10)21-6-5-20-11/h2-4,8H,5-7,15H2,1H3,(H,16,19). The molecule has 0 atom stereocenters. The lowest BCUT2D eigenvalue weighted by atomic mass is 10.1. The average Bonchev–Trinajstić information content (AvgIpc) is 2.84. The largest absolute Gasteiger partial charge is 0.486 e. The van der Waals surface area contributed by atoms with Gasteiger partial charge in [0.15, 0.2) is 11.5 Å². The van der Waals surface area contributed by atoms with Crippen LogP contribution in [0.3, 0.4) is 0 Å². The molecule has 7 heteroatoms. The van der Waals surface area contributed by atoms with Crippen molar-refractivity contribution in [2.24, 2.45) is 7.05 Å². The number of amides is 1. The number of nitrogens with two attached hydrogens (primary N) is 1. The number of aryl methyl sites for hydroxylation is 1. The Kier molecular flexibility index (Phi) is 3.39. The van der Waals surface area contributed by atoms with E-state index in [9.17, 15) is 4.79 Å². The number of para-hydroxylation sites is 1. The van der Waals surface area contributed by atoms with Crippen LogP contribution in [0, 0.1) is 0 Å². The van der Waals surface area contributed by atoms with E-state index in [-0.39, 0.29) is 5.91 Å². The molecule has 3 N–H and O–H groups in total. The molecule has 3 rings (SSSR count). The lowest BCUT2D eigenvalue weighted by molar-refractivity contribution is 0.0940. The van der Waals surface area contributed by atoms with Crippen molar-refractivity contribution < 1.29 is 14.3 Å². The van der Waals surface area contributed by atoms with Crippen LogP contribution in [0.2, 0.25) is 0 Å². The first-order valence-electron chi connectivity index (χ1n) is 6.60. The van der Waals surface area contributed by atoms with Crippen molar-refractivity contribution in [1.29, 1.82) is 0 Å². The van der Waals surface area contributed by atoms with Crippen LogP contribution in [0.4, 0.5) is 5.82 Å². The highest BCUT2D eigenvalue weighted by atomic mass is 16.6. The van der Waals surface area contributed by atoms with Gasteiger partial charge in [0.2, 0.25) is 0 Å². The van der Waals surface area contributed by atoms with Gasteiger partial charge in [-0.2, -0.15) is 5.10 Å². The topological polar surface area (TPSA) is 91.4 Å². The number of carbonyl (C=O) groups excluding carboxylic acids is 1. The Morgan fingerprint density at radius 1 is 1.43 bits per heavy atom. The molecule has 1 aromatic carbocycles. The average molecular weight is 288 g/mol. The Morgan fingerprint density at radius 2 is 2.24 bits per heavy atom. The molecule has 0 saturated heterocycles. The molecule has 1 amide bonds. The summed E-state index contributed by atoms with van der Waals surface area (Å²) in [5, 5.41) is 6.84. The van der Waals surface area contributed by atoms with Gasteiger partial charge in [0.25, 0.3) is 5.91 Å². The zero-order valence-corrected chi connectivity index (χ0v) is 11.6. The third kappa shape index (κ3) is 2.49. The van der Waals surface area contributed by atoms with Crippen LogP contribution < -0.4 is 20.5 Å². The molecule has 21 heavy (non-hydrogen) atoms. The Hall–Kier alpha value is -2.70. The minimum atomic E-state index is -0.236. The van der Waals surface area contributed by atoms with Gasteiger partial charge in [-0.15, -0.1) is 0 Å². The van der Waals surface area contributed by atoms with Gasteiger partial charge in [0, 0.05) is 19.2 Å². The number of hydrogen-bond donors (Lipinski definition) is 2. The van der Waals surface area contributed by atoms with Crippen molar-refractivity contribution in [1.82, 2.24) is 15.1 Å². The number of aromatic nitrogens is 2. The maximum atomic E-state index is 12.3. The van der Waals surface area contributed by atoms with E-state index in [0.717, 1.165) is 5.56 Å². The van der Waals surface area contributed by atoms with Crippen molar-refractivity contribution in [3.63, 3.8) is 0 Å². The highest BCUT2D eigenvalue weighted by Gasteiger charge is 2.20. The molecular weight excluding hydrogens is 272 g/mol. The van der Waals surface area contributed by atoms with Crippen LogP contribution in [0.5, 0.6) is 11.5 Å². The van der Waals surface area contributed by atoms with E-state index < -0.39 is 0 Å². The molecule has 0 spiro atoms. The van der Waals surface area contributed by atoms with Gasteiger partial charge in [-0.05, 0) is 12.1 Å². The number of anilines is 1. The van der Waals surface area contributed by atoms with Crippen molar-refractivity contribution in [3.05, 3.63) is 35.5 Å². The second kappa shape index (κ2) is 5.35. The number of rotatable bonds is 3. The summed E-state index contributed by atoms with van der Waals surface area (Å²) in [5.74, 6) is 1.38. The molecule has 0 aliphatic carbocycles. The third-order valence-corrected chi connectivity index (χ3v) is 3.31. The number of benzene rings is 1. The van der Waals surface area contributed by atoms with Crippen molar-refractivity contribution in [3.8, 4) is 11.5 Å². The first-order valence-corrected chi connectivity index (χ1v) is 6.60. The molecule has 1 aromatic heterocycles. The predicted octanol–water partition coefficient (Wildman–Crippen LogP) is 0.703. The summed E-state index contributed by atoms with van der Waals surface area (Å²) in [6.07, 6.45) is 1.63. The fraction of sp³-hybridized carbons (Fsp3) is 0.286. The van der Waals surface area contributed by atoms with Crippen LogP contribution in [0.25, 0.3) is 0 Å². The third-order valence-electron chi connectivity index (χ3n) is 3.31.